The largest absolute Gasteiger partial charge is 0.452 e. The Kier molecular flexibility index (Phi) is 8.85. The Morgan fingerprint density at radius 3 is 2.06 bits per heavy atom. The fourth-order valence-electron chi connectivity index (χ4n) is 3.67. The van der Waals surface area contributed by atoms with Crippen LogP contribution in [0.3, 0.4) is 0 Å². The molecule has 2 rings (SSSR count). The summed E-state index contributed by atoms with van der Waals surface area (Å²) in [5.74, 6) is -0.0986. The van der Waals surface area contributed by atoms with Gasteiger partial charge in [0.1, 0.15) is 0 Å². The topological polar surface area (TPSA) is 112 Å². The average Bonchev–Trinajstić information content (AvgIpc) is 2.98. The first-order valence-corrected chi connectivity index (χ1v) is 12.6. The predicted octanol–water partition coefficient (Wildman–Crippen LogP) is 3.10. The van der Waals surface area contributed by atoms with Gasteiger partial charge in [-0.25, -0.2) is 18.4 Å². The van der Waals surface area contributed by atoms with Crippen LogP contribution in [-0.4, -0.2) is 49.5 Å². The number of esters is 1. The maximum Gasteiger partial charge on any atom is 0.340 e. The second kappa shape index (κ2) is 11.0. The van der Waals surface area contributed by atoms with Gasteiger partial charge in [-0.1, -0.05) is 39.8 Å². The van der Waals surface area contributed by atoms with E-state index in [1.165, 1.54) is 12.1 Å². The molecule has 8 nitrogen and oxygen atoms in total. The number of rotatable bonds is 10. The number of nitrogens with two attached hydrogens (primary N) is 1. The van der Waals surface area contributed by atoms with Crippen molar-refractivity contribution >= 4 is 21.9 Å². The van der Waals surface area contributed by atoms with Crippen molar-refractivity contribution in [1.29, 1.82) is 0 Å². The quantitative estimate of drug-likeness (QED) is 0.529. The zero-order valence-corrected chi connectivity index (χ0v) is 21.1. The first-order chi connectivity index (χ1) is 15.3. The Morgan fingerprint density at radius 2 is 1.58 bits per heavy atom. The number of primary sulfonamides is 1. The van der Waals surface area contributed by atoms with Crippen LogP contribution in [0.4, 0.5) is 0 Å². The number of benzene rings is 1. The van der Waals surface area contributed by atoms with Crippen molar-refractivity contribution in [2.75, 3.05) is 19.7 Å². The summed E-state index contributed by atoms with van der Waals surface area (Å²) < 4.78 is 30.2. The minimum absolute atomic E-state index is 0.0464. The smallest absolute Gasteiger partial charge is 0.340 e. The second-order valence-corrected chi connectivity index (χ2v) is 10.8. The third-order valence-corrected chi connectivity index (χ3v) is 6.17. The molecular formula is C24H35N3O5S. The van der Waals surface area contributed by atoms with E-state index < -0.39 is 16.0 Å². The Labute approximate surface area is 196 Å². The SMILES string of the molecule is Cc1cc(C(=O)OCC(=O)N(CC(C)C)CC(C)C)c(C)n1Cc1ccc(S(N)(=O)=O)cc1. The molecule has 0 fully saturated rings. The first kappa shape index (κ1) is 26.6. The molecule has 0 aliphatic rings. The Bertz CT molecular complexity index is 1080. The Balaban J connectivity index is 2.10. The van der Waals surface area contributed by atoms with Crippen molar-refractivity contribution in [2.45, 2.75) is 53.0 Å². The Hall–Kier alpha value is -2.65. The van der Waals surface area contributed by atoms with E-state index in [0.29, 0.717) is 42.7 Å². The molecule has 0 saturated heterocycles. The van der Waals surface area contributed by atoms with Crippen molar-refractivity contribution in [3.8, 4) is 0 Å². The lowest BCUT2D eigenvalue weighted by atomic mass is 10.1. The third-order valence-electron chi connectivity index (χ3n) is 5.24. The highest BCUT2D eigenvalue weighted by molar-refractivity contribution is 7.89. The van der Waals surface area contributed by atoms with Gasteiger partial charge < -0.3 is 14.2 Å². The summed E-state index contributed by atoms with van der Waals surface area (Å²) >= 11 is 0. The van der Waals surface area contributed by atoms with E-state index in [4.69, 9.17) is 9.88 Å². The molecule has 1 aromatic heterocycles. The highest BCUT2D eigenvalue weighted by atomic mass is 32.2. The molecule has 0 unspecified atom stereocenters. The van der Waals surface area contributed by atoms with Crippen LogP contribution in [0.15, 0.2) is 35.2 Å². The maximum atomic E-state index is 12.7. The van der Waals surface area contributed by atoms with Crippen molar-refractivity contribution in [1.82, 2.24) is 9.47 Å². The van der Waals surface area contributed by atoms with Gasteiger partial charge in [-0.2, -0.15) is 0 Å². The molecule has 1 heterocycles. The zero-order chi connectivity index (χ0) is 24.9. The van der Waals surface area contributed by atoms with Crippen molar-refractivity contribution < 1.29 is 22.7 Å². The number of aromatic nitrogens is 1. The van der Waals surface area contributed by atoms with Gasteiger partial charge in [0.15, 0.2) is 6.61 Å². The summed E-state index contributed by atoms with van der Waals surface area (Å²) in [6, 6.07) is 8.03. The van der Waals surface area contributed by atoms with Gasteiger partial charge in [0.05, 0.1) is 10.5 Å². The number of carbonyl (C=O) groups is 2. The number of ether oxygens (including phenoxy) is 1. The van der Waals surface area contributed by atoms with Crippen LogP contribution in [0.2, 0.25) is 0 Å². The number of nitrogens with zero attached hydrogens (tertiary/aromatic N) is 2. The van der Waals surface area contributed by atoms with Gasteiger partial charge in [0.25, 0.3) is 5.91 Å². The molecule has 9 heteroatoms. The minimum Gasteiger partial charge on any atom is -0.452 e. The van der Waals surface area contributed by atoms with Gasteiger partial charge in [0.2, 0.25) is 10.0 Å². The minimum atomic E-state index is -3.75. The number of hydrogen-bond acceptors (Lipinski definition) is 5. The Morgan fingerprint density at radius 1 is 1.03 bits per heavy atom. The summed E-state index contributed by atoms with van der Waals surface area (Å²) in [6.45, 7) is 13.3. The van der Waals surface area contributed by atoms with Gasteiger partial charge >= 0.3 is 5.97 Å². The highest BCUT2D eigenvalue weighted by Crippen LogP contribution is 2.19. The van der Waals surface area contributed by atoms with E-state index in [1.807, 2.05) is 46.1 Å². The predicted molar refractivity (Wildman–Crippen MR) is 127 cm³/mol. The molecule has 33 heavy (non-hydrogen) atoms. The molecule has 0 radical (unpaired) electrons. The van der Waals surface area contributed by atoms with E-state index in [1.54, 1.807) is 23.1 Å². The van der Waals surface area contributed by atoms with Crippen LogP contribution in [0.1, 0.15) is 55.0 Å². The van der Waals surface area contributed by atoms with Crippen LogP contribution in [0.25, 0.3) is 0 Å². The summed E-state index contributed by atoms with van der Waals surface area (Å²) in [6.07, 6.45) is 0. The average molecular weight is 478 g/mol. The standard InChI is InChI=1S/C24H35N3O5S/c1-16(2)12-26(13-17(3)4)23(28)15-32-24(29)22-11-18(5)27(19(22)6)14-20-7-9-21(10-8-20)33(25,30)31/h7-11,16-17H,12-15H2,1-6H3,(H2,25,30,31). The molecule has 0 atom stereocenters. The van der Waals surface area contributed by atoms with Crippen LogP contribution < -0.4 is 5.14 Å². The van der Waals surface area contributed by atoms with Gasteiger partial charge in [-0.15, -0.1) is 0 Å². The van der Waals surface area contributed by atoms with Crippen molar-refractivity contribution in [3.63, 3.8) is 0 Å². The zero-order valence-electron chi connectivity index (χ0n) is 20.3. The second-order valence-electron chi connectivity index (χ2n) is 9.22. The monoisotopic (exact) mass is 477 g/mol. The maximum absolute atomic E-state index is 12.7. The normalized spacial score (nSPS) is 11.8. The highest BCUT2D eigenvalue weighted by Gasteiger charge is 2.21. The molecule has 0 aliphatic heterocycles. The number of amides is 1. The fraction of sp³-hybridized carbons (Fsp3) is 0.500. The fourth-order valence-corrected chi connectivity index (χ4v) is 4.19. The summed E-state index contributed by atoms with van der Waals surface area (Å²) in [5.41, 5.74) is 2.82. The lowest BCUT2D eigenvalue weighted by Gasteiger charge is -2.26. The van der Waals surface area contributed by atoms with E-state index in [-0.39, 0.29) is 17.4 Å². The molecule has 0 saturated carbocycles. The van der Waals surface area contributed by atoms with Crippen LogP contribution in [0, 0.1) is 25.7 Å². The van der Waals surface area contributed by atoms with Gasteiger partial charge in [-0.05, 0) is 49.4 Å². The lowest BCUT2D eigenvalue weighted by Crippen LogP contribution is -2.39. The number of hydrogen-bond donors (Lipinski definition) is 1. The molecule has 1 aromatic carbocycles. The molecule has 0 bridgehead atoms. The van der Waals surface area contributed by atoms with E-state index in [2.05, 4.69) is 0 Å². The summed E-state index contributed by atoms with van der Waals surface area (Å²) in [5, 5.41) is 5.15. The summed E-state index contributed by atoms with van der Waals surface area (Å²) in [7, 11) is -3.75. The van der Waals surface area contributed by atoms with Gasteiger partial charge in [-0.3, -0.25) is 4.79 Å². The number of aryl methyl sites for hydroxylation is 1. The molecule has 2 aromatic rings. The lowest BCUT2D eigenvalue weighted by molar-refractivity contribution is -0.135. The van der Waals surface area contributed by atoms with Crippen LogP contribution >= 0.6 is 0 Å². The van der Waals surface area contributed by atoms with E-state index in [0.717, 1.165) is 11.3 Å². The third kappa shape index (κ3) is 7.43. The van der Waals surface area contributed by atoms with E-state index in [9.17, 15) is 18.0 Å². The number of carbonyl (C=O) groups excluding carboxylic acids is 2. The molecule has 182 valence electrons. The molecule has 1 amide bonds. The molecule has 2 N–H and O–H groups in total. The molecule has 0 spiro atoms. The first-order valence-electron chi connectivity index (χ1n) is 11.0. The molecule has 0 aliphatic carbocycles. The van der Waals surface area contributed by atoms with Crippen LogP contribution in [0.5, 0.6) is 0 Å². The number of sulfonamides is 1. The summed E-state index contributed by atoms with van der Waals surface area (Å²) in [4.78, 5) is 27.2. The van der Waals surface area contributed by atoms with E-state index >= 15 is 0 Å². The molecular weight excluding hydrogens is 442 g/mol. The van der Waals surface area contributed by atoms with Gasteiger partial charge in [0, 0.05) is 31.0 Å². The van der Waals surface area contributed by atoms with Crippen molar-refractivity contribution in [2.24, 2.45) is 17.0 Å². The van der Waals surface area contributed by atoms with Crippen LogP contribution in [-0.2, 0) is 26.1 Å². The van der Waals surface area contributed by atoms with Crippen molar-refractivity contribution in [3.05, 3.63) is 52.8 Å².